The van der Waals surface area contributed by atoms with E-state index in [4.69, 9.17) is 4.98 Å². The second-order valence-corrected chi connectivity index (χ2v) is 7.98. The van der Waals surface area contributed by atoms with E-state index in [-0.39, 0.29) is 18.0 Å². The first-order valence-electron chi connectivity index (χ1n) is 9.49. The molecule has 1 aliphatic heterocycles. The summed E-state index contributed by atoms with van der Waals surface area (Å²) < 4.78 is 0. The summed E-state index contributed by atoms with van der Waals surface area (Å²) in [6.07, 6.45) is 10.8. The molecule has 0 bridgehead atoms. The number of carbonyl (C=O) groups is 1. The normalized spacial score (nSPS) is 24.2. The predicted molar refractivity (Wildman–Crippen MR) is 104 cm³/mol. The van der Waals surface area contributed by atoms with E-state index < -0.39 is 0 Å². The van der Waals surface area contributed by atoms with Crippen LogP contribution in [0.15, 0.2) is 34.9 Å². The summed E-state index contributed by atoms with van der Waals surface area (Å²) in [5.41, 5.74) is 3.13. The molecule has 1 aliphatic carbocycles. The van der Waals surface area contributed by atoms with E-state index in [9.17, 15) is 4.79 Å². The van der Waals surface area contributed by atoms with Crippen LogP contribution in [0.3, 0.4) is 0 Å². The number of hydrogen-bond acceptors (Lipinski definition) is 4. The third kappa shape index (κ3) is 3.43. The molecule has 2 aliphatic rings. The Hall–Kier alpha value is -2.08. The zero-order valence-corrected chi connectivity index (χ0v) is 15.8. The van der Waals surface area contributed by atoms with Crippen molar-refractivity contribution in [3.05, 3.63) is 46.2 Å². The van der Waals surface area contributed by atoms with E-state index in [0.29, 0.717) is 5.92 Å². The summed E-state index contributed by atoms with van der Waals surface area (Å²) in [6.45, 7) is 2.06. The molecular weight excluding hydrogens is 344 g/mol. The van der Waals surface area contributed by atoms with Gasteiger partial charge < -0.3 is 5.32 Å². The lowest BCUT2D eigenvalue weighted by Gasteiger charge is -2.30. The van der Waals surface area contributed by atoms with Gasteiger partial charge in [0.15, 0.2) is 0 Å². The van der Waals surface area contributed by atoms with Crippen LogP contribution < -0.4 is 5.32 Å². The highest BCUT2D eigenvalue weighted by Gasteiger charge is 2.36. The van der Waals surface area contributed by atoms with Crippen LogP contribution in [0, 0.1) is 0 Å². The molecule has 0 radical (unpaired) electrons. The lowest BCUT2D eigenvalue weighted by molar-refractivity contribution is 0.242. The zero-order valence-electron chi connectivity index (χ0n) is 15.0. The molecular formula is C20H24N4OS. The van der Waals surface area contributed by atoms with Gasteiger partial charge in [-0.2, -0.15) is 0 Å². The third-order valence-electron chi connectivity index (χ3n) is 5.45. The Morgan fingerprint density at radius 2 is 2.12 bits per heavy atom. The van der Waals surface area contributed by atoms with E-state index in [0.717, 1.165) is 22.7 Å². The van der Waals surface area contributed by atoms with E-state index in [1.54, 1.807) is 17.5 Å². The molecule has 1 N–H and O–H groups in total. The summed E-state index contributed by atoms with van der Waals surface area (Å²) >= 11 is 1.70. The van der Waals surface area contributed by atoms with Crippen molar-refractivity contribution in [3.8, 4) is 0 Å². The summed E-state index contributed by atoms with van der Waals surface area (Å²) in [5.74, 6) is 0.579. The van der Waals surface area contributed by atoms with E-state index in [2.05, 4.69) is 27.6 Å². The highest BCUT2D eigenvalue weighted by atomic mass is 32.1. The molecule has 2 aromatic rings. The molecule has 6 heteroatoms. The van der Waals surface area contributed by atoms with Gasteiger partial charge in [0.25, 0.3) is 0 Å². The molecule has 1 fully saturated rings. The molecule has 5 nitrogen and oxygen atoms in total. The van der Waals surface area contributed by atoms with Crippen molar-refractivity contribution in [1.82, 2.24) is 15.3 Å². The standard InChI is InChI=1S/C20H24N4OS/c1-2-15-17(18(24-20(25)23-15)14-9-6-10-21-11-14)19-22-16(12-26-19)13-7-4-3-5-8-13/h6,9-13,17-18H,2-5,7-8H2,1H3,(H,24,25). The van der Waals surface area contributed by atoms with E-state index in [1.807, 2.05) is 18.3 Å². The number of urea groups is 1. The number of pyridine rings is 1. The van der Waals surface area contributed by atoms with Gasteiger partial charge in [-0.05, 0) is 30.9 Å². The Bertz CT molecular complexity index is 795. The zero-order chi connectivity index (χ0) is 17.9. The minimum atomic E-state index is -0.268. The number of aromatic nitrogens is 2. The van der Waals surface area contributed by atoms with Crippen molar-refractivity contribution < 1.29 is 4.79 Å². The summed E-state index contributed by atoms with van der Waals surface area (Å²) in [7, 11) is 0. The smallest absolute Gasteiger partial charge is 0.328 e. The number of nitrogens with zero attached hydrogens (tertiary/aromatic N) is 3. The second kappa shape index (κ2) is 7.66. The predicted octanol–water partition coefficient (Wildman–Crippen LogP) is 4.98. The Kier molecular flexibility index (Phi) is 5.11. The first kappa shape index (κ1) is 17.3. The summed E-state index contributed by atoms with van der Waals surface area (Å²) in [5, 5.41) is 6.31. The topological polar surface area (TPSA) is 67.2 Å². The van der Waals surface area contributed by atoms with Crippen LogP contribution in [-0.4, -0.2) is 21.7 Å². The molecule has 2 atom stereocenters. The number of nitrogens with one attached hydrogen (secondary N) is 1. The summed E-state index contributed by atoms with van der Waals surface area (Å²) in [6, 6.07) is 3.50. The average Bonchev–Trinajstić information content (AvgIpc) is 3.18. The molecule has 2 aromatic heterocycles. The second-order valence-electron chi connectivity index (χ2n) is 7.09. The van der Waals surface area contributed by atoms with Gasteiger partial charge in [-0.3, -0.25) is 4.98 Å². The molecule has 0 saturated heterocycles. The number of amides is 2. The fourth-order valence-electron chi connectivity index (χ4n) is 4.09. The SMILES string of the molecule is CCC1=NC(=O)NC(c2cccnc2)C1c1nc(C2CCCCC2)cs1. The van der Waals surface area contributed by atoms with Crippen LogP contribution in [0.1, 0.15) is 79.6 Å². The summed E-state index contributed by atoms with van der Waals surface area (Å²) in [4.78, 5) is 25.6. The number of aliphatic imine (C=N–C) groups is 1. The van der Waals surface area contributed by atoms with Crippen LogP contribution >= 0.6 is 11.3 Å². The molecule has 4 rings (SSSR count). The molecule has 3 heterocycles. The van der Waals surface area contributed by atoms with Crippen LogP contribution in [0.25, 0.3) is 0 Å². The van der Waals surface area contributed by atoms with Crippen LogP contribution in [0.5, 0.6) is 0 Å². The number of thiazole rings is 1. The van der Waals surface area contributed by atoms with Gasteiger partial charge in [-0.15, -0.1) is 11.3 Å². The van der Waals surface area contributed by atoms with Crippen molar-refractivity contribution in [2.24, 2.45) is 4.99 Å². The molecule has 0 aromatic carbocycles. The van der Waals surface area contributed by atoms with Gasteiger partial charge in [0.1, 0.15) is 5.01 Å². The van der Waals surface area contributed by atoms with Crippen molar-refractivity contribution in [2.75, 3.05) is 0 Å². The molecule has 2 amide bonds. The maximum absolute atomic E-state index is 12.1. The minimum Gasteiger partial charge on any atom is -0.328 e. The molecule has 136 valence electrons. The Morgan fingerprint density at radius 1 is 1.27 bits per heavy atom. The van der Waals surface area contributed by atoms with Crippen LogP contribution in [-0.2, 0) is 0 Å². The first-order chi connectivity index (χ1) is 12.8. The lowest BCUT2D eigenvalue weighted by Crippen LogP contribution is -2.39. The van der Waals surface area contributed by atoms with Gasteiger partial charge in [0, 0.05) is 29.4 Å². The monoisotopic (exact) mass is 368 g/mol. The minimum absolute atomic E-state index is 0.00996. The lowest BCUT2D eigenvalue weighted by atomic mass is 9.86. The molecule has 2 unspecified atom stereocenters. The van der Waals surface area contributed by atoms with Gasteiger partial charge >= 0.3 is 6.03 Å². The highest BCUT2D eigenvalue weighted by Crippen LogP contribution is 2.39. The van der Waals surface area contributed by atoms with Gasteiger partial charge in [-0.1, -0.05) is 32.3 Å². The average molecular weight is 369 g/mol. The van der Waals surface area contributed by atoms with Crippen molar-refractivity contribution >= 4 is 23.1 Å². The highest BCUT2D eigenvalue weighted by molar-refractivity contribution is 7.09. The molecule has 0 spiro atoms. The van der Waals surface area contributed by atoms with Crippen molar-refractivity contribution in [2.45, 2.75) is 63.3 Å². The van der Waals surface area contributed by atoms with Crippen molar-refractivity contribution in [1.29, 1.82) is 0 Å². The quantitative estimate of drug-likeness (QED) is 0.827. The number of rotatable bonds is 4. The van der Waals surface area contributed by atoms with Crippen LogP contribution in [0.4, 0.5) is 4.79 Å². The van der Waals surface area contributed by atoms with Crippen molar-refractivity contribution in [3.63, 3.8) is 0 Å². The number of carbonyl (C=O) groups excluding carboxylic acids is 1. The Morgan fingerprint density at radius 3 is 2.85 bits per heavy atom. The third-order valence-corrected chi connectivity index (χ3v) is 6.40. The largest absolute Gasteiger partial charge is 0.341 e. The van der Waals surface area contributed by atoms with E-state index in [1.165, 1.54) is 37.8 Å². The first-order valence-corrected chi connectivity index (χ1v) is 10.4. The Labute approximate surface area is 158 Å². The maximum Gasteiger partial charge on any atom is 0.341 e. The van der Waals surface area contributed by atoms with E-state index >= 15 is 0 Å². The van der Waals surface area contributed by atoms with Gasteiger partial charge in [-0.25, -0.2) is 14.8 Å². The fraction of sp³-hybridized carbons (Fsp3) is 0.500. The van der Waals surface area contributed by atoms with Gasteiger partial charge in [0.2, 0.25) is 0 Å². The Balaban J connectivity index is 1.69. The maximum atomic E-state index is 12.1. The van der Waals surface area contributed by atoms with Crippen LogP contribution in [0.2, 0.25) is 0 Å². The fourth-order valence-corrected chi connectivity index (χ4v) is 5.15. The molecule has 26 heavy (non-hydrogen) atoms. The molecule has 1 saturated carbocycles. The number of hydrogen-bond donors (Lipinski definition) is 1. The van der Waals surface area contributed by atoms with Gasteiger partial charge in [0.05, 0.1) is 17.7 Å².